The number of fused-ring (bicyclic) bond motifs is 2. The second kappa shape index (κ2) is 10.7. The first-order valence-corrected chi connectivity index (χ1v) is 14.7. The van der Waals surface area contributed by atoms with E-state index in [1.165, 1.54) is 16.8 Å². The molecule has 2 amide bonds. The third-order valence-electron chi connectivity index (χ3n) is 7.06. The van der Waals surface area contributed by atoms with Gasteiger partial charge in [0, 0.05) is 29.7 Å². The van der Waals surface area contributed by atoms with Crippen molar-refractivity contribution in [1.29, 1.82) is 0 Å². The monoisotopic (exact) mass is 606 g/mol. The van der Waals surface area contributed by atoms with Crippen LogP contribution in [0.2, 0.25) is 0 Å². The first-order chi connectivity index (χ1) is 20.5. The number of amides is 2. The summed E-state index contributed by atoms with van der Waals surface area (Å²) in [6, 6.07) is 16.0. The zero-order chi connectivity index (χ0) is 30.5. The third kappa shape index (κ3) is 5.26. The lowest BCUT2D eigenvalue weighted by molar-refractivity contribution is -0.117. The largest absolute Gasteiger partial charge is 0.474 e. The van der Waals surface area contributed by atoms with Crippen LogP contribution in [0.5, 0.6) is 5.88 Å². The first kappa shape index (κ1) is 28.2. The average Bonchev–Trinajstić information content (AvgIpc) is 3.27. The molecule has 3 aromatic carbocycles. The van der Waals surface area contributed by atoms with Crippen LogP contribution in [-0.4, -0.2) is 48.0 Å². The molecule has 2 atom stereocenters. The highest BCUT2D eigenvalue weighted by Crippen LogP contribution is 2.36. The summed E-state index contributed by atoms with van der Waals surface area (Å²) in [5.74, 6) is -3.33. The van der Waals surface area contributed by atoms with E-state index in [1.54, 1.807) is 43.3 Å². The van der Waals surface area contributed by atoms with Gasteiger partial charge < -0.3 is 15.4 Å². The molecule has 43 heavy (non-hydrogen) atoms. The molecule has 220 valence electrons. The Morgan fingerprint density at radius 2 is 1.84 bits per heavy atom. The molecule has 0 unspecified atom stereocenters. The maximum Gasteiger partial charge on any atom is 0.269 e. The van der Waals surface area contributed by atoms with E-state index >= 15 is 4.39 Å². The van der Waals surface area contributed by atoms with Crippen molar-refractivity contribution in [2.45, 2.75) is 37.1 Å². The van der Waals surface area contributed by atoms with E-state index < -0.39 is 44.5 Å². The fourth-order valence-corrected chi connectivity index (χ4v) is 5.47. The molecule has 0 radical (unpaired) electrons. The molecule has 11 nitrogen and oxygen atoms in total. The molecule has 0 saturated carbocycles. The number of hydrogen-bond acceptors (Lipinski definition) is 7. The number of sulfonamides is 1. The SMILES string of the molecule is C[C@@H]1CCn2nc(-c3ccc(S(N)(=O)=O)cc3F)c(C(=O)N[C@H]3N=C(c4ccccc4)c4cccc(F)c4NC3=O)c2O1. The minimum absolute atomic E-state index is 0.0387. The fourth-order valence-electron chi connectivity index (χ4n) is 4.95. The quantitative estimate of drug-likeness (QED) is 0.317. The number of hydrogen-bond donors (Lipinski definition) is 3. The molecule has 0 fully saturated rings. The number of carbonyl (C=O) groups excluding carboxylic acids is 2. The summed E-state index contributed by atoms with van der Waals surface area (Å²) in [5, 5.41) is 14.6. The molecule has 1 aromatic heterocycles. The number of para-hydroxylation sites is 1. The Morgan fingerprint density at radius 1 is 1.07 bits per heavy atom. The van der Waals surface area contributed by atoms with Crippen molar-refractivity contribution in [1.82, 2.24) is 15.1 Å². The number of aliphatic imine (C=N–C) groups is 1. The van der Waals surface area contributed by atoms with Crippen LogP contribution in [0.15, 0.2) is 76.6 Å². The standard InChI is InChI=1S/C29H24F2N6O5S/c1-15-12-13-37-29(42-15)22(25(36-37)18-11-10-17(14-21(18)31)43(32,40)41)27(38)35-26-28(39)34-24-19(8-5-9-20(24)30)23(33-26)16-6-3-2-4-7-16/h2-11,14-15,26H,12-13H2,1H3,(H,34,39)(H,35,38)(H2,32,40,41)/t15-,26-/m1/s1. The lowest BCUT2D eigenvalue weighted by Gasteiger charge is -2.22. The van der Waals surface area contributed by atoms with Gasteiger partial charge in [-0.1, -0.05) is 42.5 Å². The van der Waals surface area contributed by atoms with Gasteiger partial charge in [-0.2, -0.15) is 5.10 Å². The number of benzene rings is 3. The van der Waals surface area contributed by atoms with Crippen LogP contribution in [0.1, 0.15) is 34.8 Å². The van der Waals surface area contributed by atoms with Crippen molar-refractivity contribution in [3.05, 3.63) is 95.1 Å². The summed E-state index contributed by atoms with van der Waals surface area (Å²) < 4.78 is 61.0. The van der Waals surface area contributed by atoms with Gasteiger partial charge in [0.1, 0.15) is 22.9 Å². The summed E-state index contributed by atoms with van der Waals surface area (Å²) in [6.45, 7) is 2.14. The van der Waals surface area contributed by atoms with Gasteiger partial charge in [0.2, 0.25) is 22.1 Å². The highest BCUT2D eigenvalue weighted by molar-refractivity contribution is 7.89. The molecular weight excluding hydrogens is 582 g/mol. The van der Waals surface area contributed by atoms with Crippen molar-refractivity contribution >= 4 is 33.2 Å². The average molecular weight is 607 g/mol. The van der Waals surface area contributed by atoms with E-state index in [4.69, 9.17) is 9.88 Å². The minimum atomic E-state index is -4.20. The van der Waals surface area contributed by atoms with Gasteiger partial charge in [-0.25, -0.2) is 32.0 Å². The molecule has 3 heterocycles. The predicted octanol–water partition coefficient (Wildman–Crippen LogP) is 3.19. The summed E-state index contributed by atoms with van der Waals surface area (Å²) in [6.07, 6.45) is -1.28. The number of ether oxygens (including phenoxy) is 1. The van der Waals surface area contributed by atoms with Gasteiger partial charge in [0.25, 0.3) is 11.8 Å². The number of aryl methyl sites for hydroxylation is 1. The van der Waals surface area contributed by atoms with E-state index in [0.29, 0.717) is 24.1 Å². The van der Waals surface area contributed by atoms with Crippen molar-refractivity contribution in [2.24, 2.45) is 10.1 Å². The molecule has 2 aliphatic rings. The summed E-state index contributed by atoms with van der Waals surface area (Å²) >= 11 is 0. The smallest absolute Gasteiger partial charge is 0.269 e. The van der Waals surface area contributed by atoms with Gasteiger partial charge in [-0.05, 0) is 31.2 Å². The van der Waals surface area contributed by atoms with Gasteiger partial charge in [0.05, 0.1) is 22.4 Å². The van der Waals surface area contributed by atoms with Gasteiger partial charge in [-0.3, -0.25) is 9.59 Å². The molecule has 2 aliphatic heterocycles. The molecular formula is C29H24F2N6O5S. The molecule has 0 spiro atoms. The second-order valence-corrected chi connectivity index (χ2v) is 11.6. The number of anilines is 1. The van der Waals surface area contributed by atoms with Crippen LogP contribution in [-0.2, 0) is 21.4 Å². The number of nitrogens with one attached hydrogen (secondary N) is 2. The summed E-state index contributed by atoms with van der Waals surface area (Å²) in [7, 11) is -4.20. The Balaban J connectivity index is 1.44. The van der Waals surface area contributed by atoms with Crippen LogP contribution < -0.4 is 20.5 Å². The van der Waals surface area contributed by atoms with Gasteiger partial charge in [-0.15, -0.1) is 0 Å². The van der Waals surface area contributed by atoms with Crippen molar-refractivity contribution < 1.29 is 31.5 Å². The van der Waals surface area contributed by atoms with Crippen molar-refractivity contribution in [3.63, 3.8) is 0 Å². The molecule has 14 heteroatoms. The second-order valence-electron chi connectivity index (χ2n) is 10.0. The molecule has 6 rings (SSSR count). The number of rotatable bonds is 5. The Labute approximate surface area is 244 Å². The molecule has 0 saturated heterocycles. The van der Waals surface area contributed by atoms with Crippen LogP contribution in [0.3, 0.4) is 0 Å². The maximum absolute atomic E-state index is 15.3. The minimum Gasteiger partial charge on any atom is -0.474 e. The first-order valence-electron chi connectivity index (χ1n) is 13.2. The van der Waals surface area contributed by atoms with Crippen LogP contribution in [0, 0.1) is 11.6 Å². The third-order valence-corrected chi connectivity index (χ3v) is 7.97. The van der Waals surface area contributed by atoms with Crippen molar-refractivity contribution in [2.75, 3.05) is 5.32 Å². The molecule has 4 N–H and O–H groups in total. The maximum atomic E-state index is 15.3. The van der Waals surface area contributed by atoms with Crippen molar-refractivity contribution in [3.8, 4) is 17.1 Å². The molecule has 0 aliphatic carbocycles. The highest BCUT2D eigenvalue weighted by atomic mass is 32.2. The van der Waals surface area contributed by atoms with Crippen LogP contribution in [0.25, 0.3) is 11.3 Å². The van der Waals surface area contributed by atoms with Gasteiger partial charge in [0.15, 0.2) is 0 Å². The number of nitrogens with zero attached hydrogens (tertiary/aromatic N) is 3. The number of benzodiazepines with no additional fused rings is 1. The zero-order valence-electron chi connectivity index (χ0n) is 22.5. The Hall–Kier alpha value is -4.95. The van der Waals surface area contributed by atoms with E-state index in [0.717, 1.165) is 18.2 Å². The molecule has 4 aromatic rings. The topological polar surface area (TPSA) is 158 Å². The van der Waals surface area contributed by atoms with E-state index in [9.17, 15) is 22.4 Å². The number of aromatic nitrogens is 2. The van der Waals surface area contributed by atoms with Crippen LogP contribution in [0.4, 0.5) is 14.5 Å². The summed E-state index contributed by atoms with van der Waals surface area (Å²) in [5.41, 5.74) is 0.526. The normalized spacial score (nSPS) is 18.0. The number of carbonyl (C=O) groups is 2. The van der Waals surface area contributed by atoms with E-state index in [2.05, 4.69) is 20.7 Å². The summed E-state index contributed by atoms with van der Waals surface area (Å²) in [4.78, 5) is 31.3. The fraction of sp³-hybridized carbons (Fsp3) is 0.172. The lowest BCUT2D eigenvalue weighted by Crippen LogP contribution is -2.42. The zero-order valence-corrected chi connectivity index (χ0v) is 23.4. The number of nitrogens with two attached hydrogens (primary N) is 1. The van der Waals surface area contributed by atoms with Crippen LogP contribution >= 0.6 is 0 Å². The number of halogens is 2. The predicted molar refractivity (Wildman–Crippen MR) is 152 cm³/mol. The van der Waals surface area contributed by atoms with Gasteiger partial charge >= 0.3 is 0 Å². The number of primary sulfonamides is 1. The molecule has 0 bridgehead atoms. The van der Waals surface area contributed by atoms with E-state index in [1.807, 2.05) is 0 Å². The Kier molecular flexibility index (Phi) is 7.02. The highest BCUT2D eigenvalue weighted by Gasteiger charge is 2.35. The lowest BCUT2D eigenvalue weighted by atomic mass is 10.0. The van der Waals surface area contributed by atoms with E-state index in [-0.39, 0.29) is 40.2 Å². The Bertz CT molecular complexity index is 1930. The Morgan fingerprint density at radius 3 is 2.56 bits per heavy atom.